The number of ether oxygens (including phenoxy) is 2. The number of carbonyl (C=O) groups excluding carboxylic acids is 2. The molecule has 5 rings (SSSR count). The molecule has 3 aromatic heterocycles. The minimum absolute atomic E-state index is 0.162. The zero-order valence-electron chi connectivity index (χ0n) is 20.0. The van der Waals surface area contributed by atoms with Gasteiger partial charge in [-0.25, -0.2) is 14.8 Å². The van der Waals surface area contributed by atoms with Crippen molar-refractivity contribution in [2.75, 3.05) is 24.8 Å². The van der Waals surface area contributed by atoms with Crippen LogP contribution >= 0.6 is 34.4 Å². The molecule has 0 saturated heterocycles. The smallest absolute Gasteiger partial charge is 0.341 e. The third-order valence-electron chi connectivity index (χ3n) is 5.98. The van der Waals surface area contributed by atoms with Gasteiger partial charge in [-0.05, 0) is 55.9 Å². The predicted molar refractivity (Wildman–Crippen MR) is 146 cm³/mol. The van der Waals surface area contributed by atoms with Crippen LogP contribution in [0.4, 0.5) is 5.00 Å². The summed E-state index contributed by atoms with van der Waals surface area (Å²) < 4.78 is 10.6. The lowest BCUT2D eigenvalue weighted by Gasteiger charge is -2.12. The number of benzene rings is 1. The van der Waals surface area contributed by atoms with Crippen LogP contribution in [0.1, 0.15) is 40.6 Å². The van der Waals surface area contributed by atoms with E-state index in [2.05, 4.69) is 20.7 Å². The highest BCUT2D eigenvalue weighted by molar-refractivity contribution is 8.00. The fourth-order valence-electron chi connectivity index (χ4n) is 4.31. The number of rotatable bonds is 8. The molecule has 10 heteroatoms. The summed E-state index contributed by atoms with van der Waals surface area (Å²) in [5, 5.41) is 7.32. The van der Waals surface area contributed by atoms with Crippen LogP contribution in [0.5, 0.6) is 5.75 Å². The van der Waals surface area contributed by atoms with Crippen molar-refractivity contribution in [2.24, 2.45) is 0 Å². The third kappa shape index (κ3) is 4.98. The van der Waals surface area contributed by atoms with Crippen molar-refractivity contribution in [1.82, 2.24) is 9.97 Å². The molecule has 0 atom stereocenters. The molecule has 0 fully saturated rings. The van der Waals surface area contributed by atoms with Crippen LogP contribution in [-0.2, 0) is 22.4 Å². The molecule has 1 N–H and O–H groups in total. The van der Waals surface area contributed by atoms with E-state index in [9.17, 15) is 9.59 Å². The van der Waals surface area contributed by atoms with Crippen molar-refractivity contribution >= 4 is 61.5 Å². The molecule has 3 heterocycles. The van der Waals surface area contributed by atoms with E-state index in [0.29, 0.717) is 17.2 Å². The second-order valence-electron chi connectivity index (χ2n) is 8.21. The van der Waals surface area contributed by atoms with E-state index in [1.165, 1.54) is 34.3 Å². The number of nitrogens with zero attached hydrogens (tertiary/aromatic N) is 2. The van der Waals surface area contributed by atoms with Crippen molar-refractivity contribution in [1.29, 1.82) is 0 Å². The summed E-state index contributed by atoms with van der Waals surface area (Å²) >= 11 is 4.41. The largest absolute Gasteiger partial charge is 0.497 e. The highest BCUT2D eigenvalue weighted by Gasteiger charge is 2.27. The number of anilines is 1. The maximum Gasteiger partial charge on any atom is 0.341 e. The van der Waals surface area contributed by atoms with Gasteiger partial charge in [-0.3, -0.25) is 4.79 Å². The van der Waals surface area contributed by atoms with E-state index in [1.54, 1.807) is 25.4 Å². The first kappa shape index (κ1) is 24.7. The first-order chi connectivity index (χ1) is 17.6. The van der Waals surface area contributed by atoms with E-state index >= 15 is 0 Å². The summed E-state index contributed by atoms with van der Waals surface area (Å²) in [5.41, 5.74) is 3.62. The monoisotopic (exact) mass is 539 g/mol. The van der Waals surface area contributed by atoms with E-state index in [0.717, 1.165) is 63.4 Å². The van der Waals surface area contributed by atoms with Gasteiger partial charge in [0.05, 0.1) is 30.4 Å². The van der Waals surface area contributed by atoms with Gasteiger partial charge in [-0.15, -0.1) is 22.7 Å². The Bertz CT molecular complexity index is 1410. The Balaban J connectivity index is 1.36. The summed E-state index contributed by atoms with van der Waals surface area (Å²) in [5.74, 6) is 0.407. The molecule has 0 unspecified atom stereocenters. The molecule has 36 heavy (non-hydrogen) atoms. The molecule has 7 nitrogen and oxygen atoms in total. The van der Waals surface area contributed by atoms with Crippen LogP contribution in [0, 0.1) is 0 Å². The van der Waals surface area contributed by atoms with Crippen LogP contribution in [0.15, 0.2) is 41.0 Å². The van der Waals surface area contributed by atoms with Gasteiger partial charge in [0, 0.05) is 15.8 Å². The van der Waals surface area contributed by atoms with Crippen LogP contribution < -0.4 is 10.1 Å². The Labute approximate surface area is 221 Å². The van der Waals surface area contributed by atoms with E-state index in [1.807, 2.05) is 24.3 Å². The molecular formula is C26H25N3O4S3. The molecule has 0 radical (unpaired) electrons. The Morgan fingerprint density at radius 1 is 1.14 bits per heavy atom. The van der Waals surface area contributed by atoms with Gasteiger partial charge in [-0.1, -0.05) is 23.9 Å². The van der Waals surface area contributed by atoms with Crippen molar-refractivity contribution in [2.45, 2.75) is 37.6 Å². The van der Waals surface area contributed by atoms with Gasteiger partial charge >= 0.3 is 5.97 Å². The summed E-state index contributed by atoms with van der Waals surface area (Å²) in [6.45, 7) is 2.09. The number of amides is 1. The molecule has 4 aromatic rings. The van der Waals surface area contributed by atoms with E-state index in [4.69, 9.17) is 9.47 Å². The Morgan fingerprint density at radius 3 is 2.72 bits per heavy atom. The summed E-state index contributed by atoms with van der Waals surface area (Å²) in [7, 11) is 1.64. The number of thioether (sulfide) groups is 1. The molecule has 0 saturated carbocycles. The normalized spacial score (nSPS) is 12.8. The topological polar surface area (TPSA) is 90.4 Å². The number of aryl methyl sites for hydroxylation is 1. The lowest BCUT2D eigenvalue weighted by molar-refractivity contribution is -0.113. The van der Waals surface area contributed by atoms with Crippen LogP contribution in [0.3, 0.4) is 0 Å². The average Bonchev–Trinajstić information content (AvgIpc) is 3.49. The van der Waals surface area contributed by atoms with E-state index in [-0.39, 0.29) is 17.6 Å². The number of carbonyl (C=O) groups is 2. The Kier molecular flexibility index (Phi) is 7.54. The minimum atomic E-state index is -0.361. The van der Waals surface area contributed by atoms with Gasteiger partial charge < -0.3 is 14.8 Å². The van der Waals surface area contributed by atoms with Gasteiger partial charge in [0.1, 0.15) is 26.9 Å². The zero-order chi connectivity index (χ0) is 25.1. The number of methoxy groups -OCH3 is 1. The first-order valence-corrected chi connectivity index (χ1v) is 14.4. The van der Waals surface area contributed by atoms with Crippen molar-refractivity contribution in [3.05, 3.63) is 52.0 Å². The number of hydrogen-bond acceptors (Lipinski definition) is 9. The molecule has 186 valence electrons. The molecule has 0 aliphatic heterocycles. The zero-order valence-corrected chi connectivity index (χ0v) is 22.4. The summed E-state index contributed by atoms with van der Waals surface area (Å²) in [4.78, 5) is 36.6. The summed E-state index contributed by atoms with van der Waals surface area (Å²) in [6.07, 6.45) is 5.45. The van der Waals surface area contributed by atoms with Crippen LogP contribution in [0.2, 0.25) is 0 Å². The number of esters is 1. The number of thiophene rings is 2. The number of fused-ring (bicyclic) bond motifs is 2. The van der Waals surface area contributed by atoms with Gasteiger partial charge in [0.2, 0.25) is 5.91 Å². The maximum atomic E-state index is 13.0. The fourth-order valence-corrected chi connectivity index (χ4v) is 7.40. The van der Waals surface area contributed by atoms with Crippen LogP contribution in [-0.4, -0.2) is 41.3 Å². The van der Waals surface area contributed by atoms with Gasteiger partial charge in [-0.2, -0.15) is 0 Å². The highest BCUT2D eigenvalue weighted by atomic mass is 32.2. The molecular weight excluding hydrogens is 515 g/mol. The average molecular weight is 540 g/mol. The lowest BCUT2D eigenvalue weighted by atomic mass is 9.95. The quantitative estimate of drug-likeness (QED) is 0.162. The van der Waals surface area contributed by atoms with Gasteiger partial charge in [0.15, 0.2) is 0 Å². The Hall–Kier alpha value is -2.95. The summed E-state index contributed by atoms with van der Waals surface area (Å²) in [6, 6.07) is 7.85. The fraction of sp³-hybridized carbons (Fsp3) is 0.308. The van der Waals surface area contributed by atoms with Crippen molar-refractivity contribution in [3.8, 4) is 16.9 Å². The minimum Gasteiger partial charge on any atom is -0.497 e. The van der Waals surface area contributed by atoms with E-state index < -0.39 is 0 Å². The first-order valence-electron chi connectivity index (χ1n) is 11.7. The van der Waals surface area contributed by atoms with Gasteiger partial charge in [0.25, 0.3) is 0 Å². The lowest BCUT2D eigenvalue weighted by Crippen LogP contribution is -2.17. The number of nitrogens with one attached hydrogen (secondary N) is 1. The second-order valence-corrected chi connectivity index (χ2v) is 11.1. The van der Waals surface area contributed by atoms with Crippen molar-refractivity contribution < 1.29 is 19.1 Å². The maximum absolute atomic E-state index is 13.0. The standard InChI is InChI=1S/C26H25N3O4S3/c1-3-33-26(31)22-17-6-4-5-7-19(17)36-25(22)29-20(30)13-35-24-21-18(12-34-23(21)27-14-28-24)15-8-10-16(32-2)11-9-15/h8-12,14H,3-7,13H2,1-2H3,(H,29,30). The molecule has 0 spiro atoms. The molecule has 0 bridgehead atoms. The highest BCUT2D eigenvalue weighted by Crippen LogP contribution is 2.40. The molecule has 1 aliphatic rings. The predicted octanol–water partition coefficient (Wildman–Crippen LogP) is 6.21. The molecule has 1 amide bonds. The third-order valence-corrected chi connectivity index (χ3v) is 9.06. The number of hydrogen-bond donors (Lipinski definition) is 1. The SMILES string of the molecule is CCOC(=O)c1c(NC(=O)CSc2ncnc3scc(-c4ccc(OC)cc4)c23)sc2c1CCCC2. The van der Waals surface area contributed by atoms with Crippen LogP contribution in [0.25, 0.3) is 21.3 Å². The van der Waals surface area contributed by atoms with Crippen molar-refractivity contribution in [3.63, 3.8) is 0 Å². The number of aromatic nitrogens is 2. The second kappa shape index (κ2) is 11.0. The Morgan fingerprint density at radius 2 is 1.94 bits per heavy atom. The molecule has 1 aromatic carbocycles. The molecule has 1 aliphatic carbocycles.